The molecule has 0 spiro atoms. The third kappa shape index (κ3) is 3.55. The first-order chi connectivity index (χ1) is 15.8. The summed E-state index contributed by atoms with van der Waals surface area (Å²) in [5, 5.41) is 10.0. The van der Waals surface area contributed by atoms with Gasteiger partial charge in [0.1, 0.15) is 17.2 Å². The molecule has 33 heavy (non-hydrogen) atoms. The summed E-state index contributed by atoms with van der Waals surface area (Å²) in [4.78, 5) is 32.8. The van der Waals surface area contributed by atoms with Gasteiger partial charge in [0.15, 0.2) is 0 Å². The number of carboxylic acid groups (broad SMARTS) is 1. The van der Waals surface area contributed by atoms with E-state index in [0.717, 1.165) is 5.69 Å². The standard InChI is InChI=1S/C24H20F2N4O3/c1-28-13-17(24(32)33)23(31)22-16-10-20(18(26)11-19(16)27-12-21(22)28)30-8-6-29(7-9-30)15-4-2-14(25)3-5-15/h2-5,10-13H,6-9H2,1H3,(H,32,33). The third-order valence-electron chi connectivity index (χ3n) is 6.13. The van der Waals surface area contributed by atoms with E-state index in [4.69, 9.17) is 0 Å². The number of carbonyl (C=O) groups is 1. The largest absolute Gasteiger partial charge is 0.477 e. The zero-order valence-corrected chi connectivity index (χ0v) is 17.8. The maximum atomic E-state index is 15.0. The lowest BCUT2D eigenvalue weighted by molar-refractivity contribution is 0.0695. The molecule has 9 heteroatoms. The van der Waals surface area contributed by atoms with Crippen LogP contribution >= 0.6 is 0 Å². The second-order valence-corrected chi connectivity index (χ2v) is 8.08. The molecular formula is C24H20F2N4O3. The maximum absolute atomic E-state index is 15.0. The van der Waals surface area contributed by atoms with E-state index in [0.29, 0.717) is 42.8 Å². The van der Waals surface area contributed by atoms with Gasteiger partial charge in [0, 0.05) is 56.6 Å². The summed E-state index contributed by atoms with van der Waals surface area (Å²) >= 11 is 0. The van der Waals surface area contributed by atoms with E-state index < -0.39 is 17.2 Å². The van der Waals surface area contributed by atoms with Crippen LogP contribution in [0.1, 0.15) is 10.4 Å². The number of anilines is 2. The van der Waals surface area contributed by atoms with Gasteiger partial charge in [-0.2, -0.15) is 0 Å². The number of halogens is 2. The molecule has 3 heterocycles. The van der Waals surface area contributed by atoms with E-state index in [-0.39, 0.29) is 22.3 Å². The fraction of sp³-hybridized carbons (Fsp3) is 0.208. The fourth-order valence-corrected chi connectivity index (χ4v) is 4.41. The lowest BCUT2D eigenvalue weighted by Crippen LogP contribution is -2.46. The van der Waals surface area contributed by atoms with Crippen LogP contribution in [0.3, 0.4) is 0 Å². The second-order valence-electron chi connectivity index (χ2n) is 8.08. The van der Waals surface area contributed by atoms with E-state index >= 15 is 4.39 Å². The van der Waals surface area contributed by atoms with Crippen molar-refractivity contribution in [3.63, 3.8) is 0 Å². The number of aromatic carboxylic acids is 1. The molecule has 0 amide bonds. The maximum Gasteiger partial charge on any atom is 0.341 e. The van der Waals surface area contributed by atoms with Crippen molar-refractivity contribution in [2.24, 2.45) is 7.05 Å². The Labute approximate surface area is 187 Å². The normalized spacial score (nSPS) is 14.3. The van der Waals surface area contributed by atoms with E-state index in [9.17, 15) is 19.1 Å². The molecule has 0 atom stereocenters. The molecule has 0 aliphatic carbocycles. The first-order valence-corrected chi connectivity index (χ1v) is 10.4. The van der Waals surface area contributed by atoms with Crippen molar-refractivity contribution in [3.8, 4) is 0 Å². The number of piperazine rings is 1. The minimum Gasteiger partial charge on any atom is -0.477 e. The van der Waals surface area contributed by atoms with Crippen molar-refractivity contribution >= 4 is 39.1 Å². The van der Waals surface area contributed by atoms with Crippen molar-refractivity contribution in [1.29, 1.82) is 0 Å². The van der Waals surface area contributed by atoms with Gasteiger partial charge in [0.2, 0.25) is 5.43 Å². The summed E-state index contributed by atoms with van der Waals surface area (Å²) < 4.78 is 29.8. The monoisotopic (exact) mass is 450 g/mol. The number of fused-ring (bicyclic) bond motifs is 3. The molecule has 7 nitrogen and oxygen atoms in total. The Morgan fingerprint density at radius 1 is 1.03 bits per heavy atom. The molecule has 1 aliphatic heterocycles. The highest BCUT2D eigenvalue weighted by Gasteiger charge is 2.22. The smallest absolute Gasteiger partial charge is 0.341 e. The van der Waals surface area contributed by atoms with Gasteiger partial charge in [-0.3, -0.25) is 9.78 Å². The van der Waals surface area contributed by atoms with Gasteiger partial charge < -0.3 is 19.5 Å². The van der Waals surface area contributed by atoms with Gasteiger partial charge in [-0.15, -0.1) is 0 Å². The Morgan fingerprint density at radius 2 is 1.70 bits per heavy atom. The average molecular weight is 450 g/mol. The minimum absolute atomic E-state index is 0.202. The number of hydrogen-bond donors (Lipinski definition) is 1. The molecule has 1 aliphatic rings. The topological polar surface area (TPSA) is 78.7 Å². The number of rotatable bonds is 3. The SMILES string of the molecule is Cn1cc(C(=O)O)c(=O)c2c3cc(N4CCN(c5ccc(F)cc5)CC4)c(F)cc3ncc21. The zero-order chi connectivity index (χ0) is 23.3. The van der Waals surface area contributed by atoms with Crippen molar-refractivity contribution in [2.75, 3.05) is 36.0 Å². The number of benzene rings is 2. The van der Waals surface area contributed by atoms with Crippen molar-refractivity contribution in [2.45, 2.75) is 0 Å². The Hall–Kier alpha value is -4.01. The van der Waals surface area contributed by atoms with E-state index in [1.54, 1.807) is 25.2 Å². The first-order valence-electron chi connectivity index (χ1n) is 10.4. The Kier molecular flexibility index (Phi) is 4.96. The fourth-order valence-electron chi connectivity index (χ4n) is 4.41. The number of aryl methyl sites for hydroxylation is 1. The van der Waals surface area contributed by atoms with Crippen LogP contribution < -0.4 is 15.2 Å². The highest BCUT2D eigenvalue weighted by atomic mass is 19.1. The van der Waals surface area contributed by atoms with Crippen molar-refractivity contribution < 1.29 is 18.7 Å². The van der Waals surface area contributed by atoms with Gasteiger partial charge in [-0.05, 0) is 30.3 Å². The summed E-state index contributed by atoms with van der Waals surface area (Å²) in [6.45, 7) is 2.27. The highest BCUT2D eigenvalue weighted by molar-refractivity contribution is 6.07. The van der Waals surface area contributed by atoms with Gasteiger partial charge in [-0.1, -0.05) is 0 Å². The molecule has 168 valence electrons. The minimum atomic E-state index is -1.32. The summed E-state index contributed by atoms with van der Waals surface area (Å²) in [5.74, 6) is -2.08. The summed E-state index contributed by atoms with van der Waals surface area (Å²) in [6, 6.07) is 9.12. The molecule has 2 aromatic carbocycles. The molecule has 0 radical (unpaired) electrons. The molecular weight excluding hydrogens is 430 g/mol. The predicted molar refractivity (Wildman–Crippen MR) is 122 cm³/mol. The van der Waals surface area contributed by atoms with Crippen molar-refractivity contribution in [3.05, 3.63) is 76.2 Å². The molecule has 2 aromatic heterocycles. The Bertz CT molecular complexity index is 1460. The van der Waals surface area contributed by atoms with Gasteiger partial charge in [0.25, 0.3) is 0 Å². The highest BCUT2D eigenvalue weighted by Crippen LogP contribution is 2.30. The van der Waals surface area contributed by atoms with Crippen molar-refractivity contribution in [1.82, 2.24) is 9.55 Å². The van der Waals surface area contributed by atoms with Crippen LogP contribution in [0.2, 0.25) is 0 Å². The molecule has 0 saturated carbocycles. The average Bonchev–Trinajstić information content (AvgIpc) is 2.81. The van der Waals surface area contributed by atoms with Crippen LogP contribution in [0.25, 0.3) is 21.8 Å². The van der Waals surface area contributed by atoms with E-state index in [1.165, 1.54) is 35.2 Å². The van der Waals surface area contributed by atoms with Crippen LogP contribution in [-0.4, -0.2) is 46.8 Å². The van der Waals surface area contributed by atoms with Gasteiger partial charge in [0.05, 0.1) is 28.3 Å². The molecule has 1 fully saturated rings. The lowest BCUT2D eigenvalue weighted by atomic mass is 10.1. The Balaban J connectivity index is 1.56. The lowest BCUT2D eigenvalue weighted by Gasteiger charge is -2.37. The predicted octanol–water partition coefficient (Wildman–Crippen LogP) is 3.39. The molecule has 5 rings (SSSR count). The van der Waals surface area contributed by atoms with Gasteiger partial charge in [-0.25, -0.2) is 13.6 Å². The second kappa shape index (κ2) is 7.84. The molecule has 0 bridgehead atoms. The Morgan fingerprint density at radius 3 is 2.36 bits per heavy atom. The summed E-state index contributed by atoms with van der Waals surface area (Å²) in [7, 11) is 1.64. The van der Waals surface area contributed by atoms with E-state index in [1.807, 2.05) is 4.90 Å². The van der Waals surface area contributed by atoms with Crippen LogP contribution in [-0.2, 0) is 7.05 Å². The first kappa shape index (κ1) is 20.9. The molecule has 0 unspecified atom stereocenters. The quantitative estimate of drug-likeness (QED) is 0.482. The summed E-state index contributed by atoms with van der Waals surface area (Å²) in [5.41, 5.74) is 1.01. The number of carboxylic acids is 1. The summed E-state index contributed by atoms with van der Waals surface area (Å²) in [6.07, 6.45) is 2.71. The van der Waals surface area contributed by atoms with Crippen LogP contribution in [0, 0.1) is 11.6 Å². The van der Waals surface area contributed by atoms with Crippen LogP contribution in [0.4, 0.5) is 20.2 Å². The number of hydrogen-bond acceptors (Lipinski definition) is 5. The van der Waals surface area contributed by atoms with Crippen LogP contribution in [0.5, 0.6) is 0 Å². The van der Waals surface area contributed by atoms with Gasteiger partial charge >= 0.3 is 5.97 Å². The number of aromatic nitrogens is 2. The number of nitrogens with zero attached hydrogens (tertiary/aromatic N) is 4. The molecule has 1 saturated heterocycles. The zero-order valence-electron chi connectivity index (χ0n) is 17.8. The van der Waals surface area contributed by atoms with Crippen LogP contribution in [0.15, 0.2) is 53.6 Å². The number of pyridine rings is 2. The molecule has 1 N–H and O–H groups in total. The van der Waals surface area contributed by atoms with E-state index in [2.05, 4.69) is 9.88 Å². The molecule has 4 aromatic rings. The third-order valence-corrected chi connectivity index (χ3v) is 6.13.